The number of anilines is 2. The zero-order valence-corrected chi connectivity index (χ0v) is 25.7. The van der Waals surface area contributed by atoms with Crippen LogP contribution in [-0.4, -0.2) is 31.9 Å². The predicted octanol–water partition coefficient (Wildman–Crippen LogP) is 5.60. The van der Waals surface area contributed by atoms with Gasteiger partial charge in [-0.05, 0) is 77.7 Å². The normalized spacial score (nSPS) is 11.6. The van der Waals surface area contributed by atoms with Gasteiger partial charge in [-0.2, -0.15) is 0 Å². The summed E-state index contributed by atoms with van der Waals surface area (Å²) in [5.41, 5.74) is 3.31. The van der Waals surface area contributed by atoms with Gasteiger partial charge in [-0.25, -0.2) is 13.6 Å². The number of thioether (sulfide) groups is 1. The van der Waals surface area contributed by atoms with E-state index in [1.165, 1.54) is 36.0 Å². The van der Waals surface area contributed by atoms with Crippen molar-refractivity contribution in [1.29, 1.82) is 0 Å². The van der Waals surface area contributed by atoms with E-state index in [0.717, 1.165) is 16.0 Å². The highest BCUT2D eigenvalue weighted by atomic mass is 32.2. The van der Waals surface area contributed by atoms with E-state index in [-0.39, 0.29) is 22.3 Å². The maximum Gasteiger partial charge on any atom is 0.272 e. The van der Waals surface area contributed by atoms with Gasteiger partial charge in [-0.1, -0.05) is 62.4 Å². The molecule has 226 valence electrons. The predicted molar refractivity (Wildman–Crippen MR) is 175 cm³/mol. The summed E-state index contributed by atoms with van der Waals surface area (Å²) < 4.78 is 22.8. The number of sulfonamides is 1. The van der Waals surface area contributed by atoms with Crippen molar-refractivity contribution in [2.75, 3.05) is 16.4 Å². The molecule has 0 heterocycles. The van der Waals surface area contributed by atoms with Crippen molar-refractivity contribution in [2.24, 2.45) is 5.14 Å². The molecule has 0 atom stereocenters. The van der Waals surface area contributed by atoms with Gasteiger partial charge in [0.2, 0.25) is 15.9 Å². The Bertz CT molecular complexity index is 1770. The fourth-order valence-corrected chi connectivity index (χ4v) is 5.29. The summed E-state index contributed by atoms with van der Waals surface area (Å²) in [5.74, 6) is -0.802. The molecule has 4 aromatic rings. The first-order valence-electron chi connectivity index (χ1n) is 13.6. The van der Waals surface area contributed by atoms with Gasteiger partial charge in [0.1, 0.15) is 5.70 Å². The molecule has 0 aliphatic carbocycles. The minimum atomic E-state index is -3.82. The molecule has 0 radical (unpaired) electrons. The Balaban J connectivity index is 1.44. The third kappa shape index (κ3) is 9.40. The second-order valence-electron chi connectivity index (χ2n) is 10.1. The standard InChI is InChI=1S/C33H32N4O5S2/c1-22(2)24-13-11-23(12-14-24)19-30(37-32(39)25-7-4-3-5-8-25)33(40)36-27-9-6-10-28(20-27)43-21-31(38)35-26-15-17-29(18-16-26)44(34,41)42/h3-20,22H,21H2,1-2H3,(H,35,38)(H,36,40)(H,37,39)(H2,34,41,42)/b30-19+. The second-order valence-corrected chi connectivity index (χ2v) is 12.7. The number of nitrogens with two attached hydrogens (primary N) is 1. The van der Waals surface area contributed by atoms with Gasteiger partial charge >= 0.3 is 0 Å². The fourth-order valence-electron chi connectivity index (χ4n) is 4.02. The smallest absolute Gasteiger partial charge is 0.272 e. The van der Waals surface area contributed by atoms with Crippen molar-refractivity contribution >= 4 is 57.0 Å². The molecule has 4 rings (SSSR count). The molecule has 0 fully saturated rings. The summed E-state index contributed by atoms with van der Waals surface area (Å²) in [5, 5.41) is 13.4. The largest absolute Gasteiger partial charge is 0.325 e. The maximum absolute atomic E-state index is 13.4. The lowest BCUT2D eigenvalue weighted by atomic mass is 10.0. The lowest BCUT2D eigenvalue weighted by Crippen LogP contribution is -2.30. The highest BCUT2D eigenvalue weighted by Gasteiger charge is 2.16. The summed E-state index contributed by atoms with van der Waals surface area (Å²) in [7, 11) is -3.82. The van der Waals surface area contributed by atoms with Gasteiger partial charge in [0, 0.05) is 21.8 Å². The van der Waals surface area contributed by atoms with Crippen molar-refractivity contribution in [1.82, 2.24) is 5.32 Å². The Kier molecular flexibility index (Phi) is 10.7. The summed E-state index contributed by atoms with van der Waals surface area (Å²) in [6.07, 6.45) is 1.62. The zero-order valence-electron chi connectivity index (χ0n) is 24.1. The van der Waals surface area contributed by atoms with E-state index in [2.05, 4.69) is 29.8 Å². The zero-order chi connectivity index (χ0) is 31.7. The number of carbonyl (C=O) groups excluding carboxylic acids is 3. The van der Waals surface area contributed by atoms with Crippen molar-refractivity contribution in [3.63, 3.8) is 0 Å². The lowest BCUT2D eigenvalue weighted by molar-refractivity contribution is -0.114. The number of primary sulfonamides is 1. The van der Waals surface area contributed by atoms with Crippen LogP contribution in [-0.2, 0) is 19.6 Å². The van der Waals surface area contributed by atoms with Crippen LogP contribution in [0.15, 0.2) is 119 Å². The summed E-state index contributed by atoms with van der Waals surface area (Å²) >= 11 is 1.26. The molecular weight excluding hydrogens is 597 g/mol. The number of nitrogens with one attached hydrogen (secondary N) is 3. The monoisotopic (exact) mass is 628 g/mol. The highest BCUT2D eigenvalue weighted by Crippen LogP contribution is 2.23. The van der Waals surface area contributed by atoms with Crippen LogP contribution in [0, 0.1) is 0 Å². The van der Waals surface area contributed by atoms with Crippen LogP contribution in [0.3, 0.4) is 0 Å². The Morgan fingerprint density at radius 1 is 0.818 bits per heavy atom. The molecule has 0 saturated carbocycles. The number of hydrogen-bond acceptors (Lipinski definition) is 6. The first-order valence-corrected chi connectivity index (χ1v) is 16.2. The number of benzene rings is 4. The Morgan fingerprint density at radius 2 is 1.50 bits per heavy atom. The Labute approximate surface area is 261 Å². The van der Waals surface area contributed by atoms with E-state index in [4.69, 9.17) is 5.14 Å². The lowest BCUT2D eigenvalue weighted by Gasteiger charge is -2.13. The van der Waals surface area contributed by atoms with Crippen LogP contribution in [0.2, 0.25) is 0 Å². The van der Waals surface area contributed by atoms with Crippen molar-refractivity contribution in [2.45, 2.75) is 29.6 Å². The molecule has 0 aliphatic rings. The molecule has 5 N–H and O–H groups in total. The minimum Gasteiger partial charge on any atom is -0.325 e. The molecule has 0 saturated heterocycles. The fraction of sp³-hybridized carbons (Fsp3) is 0.121. The van der Waals surface area contributed by atoms with Gasteiger partial charge in [0.25, 0.3) is 11.8 Å². The number of amides is 3. The molecule has 0 spiro atoms. The number of carbonyl (C=O) groups is 3. The van der Waals surface area contributed by atoms with Crippen LogP contribution in [0.4, 0.5) is 11.4 Å². The molecule has 9 nitrogen and oxygen atoms in total. The maximum atomic E-state index is 13.4. The first-order chi connectivity index (χ1) is 21.0. The van der Waals surface area contributed by atoms with E-state index < -0.39 is 21.8 Å². The average Bonchev–Trinajstić information content (AvgIpc) is 3.00. The first kappa shape index (κ1) is 32.2. The van der Waals surface area contributed by atoms with Crippen LogP contribution < -0.4 is 21.1 Å². The number of hydrogen-bond donors (Lipinski definition) is 4. The third-order valence-corrected chi connectivity index (χ3v) is 8.29. The Hall–Kier alpha value is -4.71. The van der Waals surface area contributed by atoms with Gasteiger partial charge in [0.05, 0.1) is 10.6 Å². The van der Waals surface area contributed by atoms with Gasteiger partial charge in [-0.3, -0.25) is 14.4 Å². The van der Waals surface area contributed by atoms with E-state index in [1.807, 2.05) is 24.3 Å². The quantitative estimate of drug-likeness (QED) is 0.126. The second kappa shape index (κ2) is 14.6. The third-order valence-electron chi connectivity index (χ3n) is 6.37. The SMILES string of the molecule is CC(C)c1ccc(/C=C(/NC(=O)c2ccccc2)C(=O)Nc2cccc(SCC(=O)Nc3ccc(S(N)(=O)=O)cc3)c2)cc1. The highest BCUT2D eigenvalue weighted by molar-refractivity contribution is 8.00. The van der Waals surface area contributed by atoms with Gasteiger partial charge in [-0.15, -0.1) is 11.8 Å². The summed E-state index contributed by atoms with van der Waals surface area (Å²) in [6.45, 7) is 4.19. The van der Waals surface area contributed by atoms with Crippen molar-refractivity contribution in [3.8, 4) is 0 Å². The molecular formula is C33H32N4O5S2. The molecule has 0 unspecified atom stereocenters. The number of rotatable bonds is 11. The van der Waals surface area contributed by atoms with Crippen LogP contribution in [0.25, 0.3) is 6.08 Å². The van der Waals surface area contributed by atoms with Crippen molar-refractivity contribution in [3.05, 3.63) is 126 Å². The molecule has 0 aliphatic heterocycles. The van der Waals surface area contributed by atoms with Crippen molar-refractivity contribution < 1.29 is 22.8 Å². The molecule has 0 aromatic heterocycles. The van der Waals surface area contributed by atoms with E-state index in [1.54, 1.807) is 60.7 Å². The summed E-state index contributed by atoms with van der Waals surface area (Å²) in [6, 6.07) is 28.9. The van der Waals surface area contributed by atoms with E-state index in [9.17, 15) is 22.8 Å². The van der Waals surface area contributed by atoms with E-state index >= 15 is 0 Å². The minimum absolute atomic E-state index is 0.0506. The Morgan fingerprint density at radius 3 is 2.14 bits per heavy atom. The molecule has 3 amide bonds. The summed E-state index contributed by atoms with van der Waals surface area (Å²) in [4.78, 5) is 39.5. The topological polar surface area (TPSA) is 147 Å². The van der Waals surface area contributed by atoms with Crippen LogP contribution in [0.1, 0.15) is 41.3 Å². The molecule has 4 aromatic carbocycles. The van der Waals surface area contributed by atoms with Gasteiger partial charge in [0.15, 0.2) is 0 Å². The molecule has 11 heteroatoms. The van der Waals surface area contributed by atoms with Crippen LogP contribution >= 0.6 is 11.8 Å². The average molecular weight is 629 g/mol. The molecule has 0 bridgehead atoms. The van der Waals surface area contributed by atoms with E-state index in [0.29, 0.717) is 22.9 Å². The van der Waals surface area contributed by atoms with Gasteiger partial charge < -0.3 is 16.0 Å². The van der Waals surface area contributed by atoms with Crippen LogP contribution in [0.5, 0.6) is 0 Å². The molecule has 44 heavy (non-hydrogen) atoms.